The molecule has 2 heterocycles. The van der Waals surface area contributed by atoms with Crippen LogP contribution in [0.2, 0.25) is 0 Å². The molecule has 6 nitrogen and oxygen atoms in total. The van der Waals surface area contributed by atoms with Crippen molar-refractivity contribution >= 4 is 39.3 Å². The Morgan fingerprint density at radius 3 is 2.59 bits per heavy atom. The van der Waals surface area contributed by atoms with Gasteiger partial charge in [-0.2, -0.15) is 0 Å². The fourth-order valence-corrected chi connectivity index (χ4v) is 5.55. The van der Waals surface area contributed by atoms with E-state index in [1.54, 1.807) is 5.01 Å². The number of hydrogen-bond donors (Lipinski definition) is 1. The highest BCUT2D eigenvalue weighted by Crippen LogP contribution is 2.40. The second kappa shape index (κ2) is 9.75. The van der Waals surface area contributed by atoms with E-state index in [0.29, 0.717) is 23.2 Å². The summed E-state index contributed by atoms with van der Waals surface area (Å²) in [4.78, 5) is 18.7. The average molecular weight is 507 g/mol. The first kappa shape index (κ1) is 23.3. The third-order valence-electron chi connectivity index (χ3n) is 6.50. The Hall–Kier alpha value is -4.10. The number of rotatable bonds is 5. The van der Waals surface area contributed by atoms with Crippen LogP contribution in [-0.2, 0) is 10.5 Å². The zero-order valence-corrected chi connectivity index (χ0v) is 21.5. The van der Waals surface area contributed by atoms with Crippen LogP contribution in [0.25, 0.3) is 16.5 Å². The van der Waals surface area contributed by atoms with Gasteiger partial charge in [0.15, 0.2) is 11.3 Å². The van der Waals surface area contributed by atoms with Crippen LogP contribution in [0, 0.1) is 6.92 Å². The van der Waals surface area contributed by atoms with Crippen molar-refractivity contribution in [3.63, 3.8) is 0 Å². The maximum absolute atomic E-state index is 13.6. The summed E-state index contributed by atoms with van der Waals surface area (Å²) < 4.78 is 6.08. The highest BCUT2D eigenvalue weighted by Gasteiger charge is 2.36. The molecule has 1 N–H and O–H groups in total. The minimum atomic E-state index is -0.557. The molecule has 0 saturated carbocycles. The number of carbonyl (C=O) groups excluding carboxylic acids is 1. The van der Waals surface area contributed by atoms with Crippen molar-refractivity contribution < 1.29 is 9.53 Å². The largest absolute Gasteiger partial charge is 0.493 e. The number of benzene rings is 4. The third-order valence-corrected chi connectivity index (χ3v) is 7.44. The lowest BCUT2D eigenvalue weighted by Crippen LogP contribution is -2.50. The van der Waals surface area contributed by atoms with Gasteiger partial charge in [0.25, 0.3) is 5.91 Å². The summed E-state index contributed by atoms with van der Waals surface area (Å²) in [6, 6.07) is 28.3. The van der Waals surface area contributed by atoms with Crippen molar-refractivity contribution in [3.8, 4) is 5.75 Å². The Morgan fingerprint density at radius 1 is 0.973 bits per heavy atom. The highest BCUT2D eigenvalue weighted by atomic mass is 32.2. The van der Waals surface area contributed by atoms with Crippen molar-refractivity contribution in [1.82, 2.24) is 10.3 Å². The first-order chi connectivity index (χ1) is 18.1. The summed E-state index contributed by atoms with van der Waals surface area (Å²) in [5.41, 5.74) is 3.77. The summed E-state index contributed by atoms with van der Waals surface area (Å²) in [6.07, 6.45) is -0.557. The average Bonchev–Trinajstić information content (AvgIpc) is 2.92. The van der Waals surface area contributed by atoms with Gasteiger partial charge in [0, 0.05) is 16.5 Å². The molecule has 6 rings (SSSR count). The predicted octanol–water partition coefficient (Wildman–Crippen LogP) is 4.62. The Kier molecular flexibility index (Phi) is 6.14. The number of nitrogens with zero attached hydrogens (tertiary/aromatic N) is 3. The maximum atomic E-state index is 13.6. The topological polar surface area (TPSA) is 66.3 Å². The normalized spacial score (nSPS) is 16.4. The molecule has 7 heteroatoms. The van der Waals surface area contributed by atoms with Crippen LogP contribution in [0.3, 0.4) is 0 Å². The van der Waals surface area contributed by atoms with Crippen LogP contribution in [0.1, 0.15) is 29.8 Å². The molecule has 0 saturated heterocycles. The summed E-state index contributed by atoms with van der Waals surface area (Å²) in [5, 5.41) is 13.9. The van der Waals surface area contributed by atoms with E-state index in [0.717, 1.165) is 32.7 Å². The number of hydrazone groups is 1. The molecule has 2 aliphatic rings. The molecule has 1 atom stereocenters. The van der Waals surface area contributed by atoms with Gasteiger partial charge in [0.1, 0.15) is 11.4 Å². The van der Waals surface area contributed by atoms with Gasteiger partial charge in [-0.1, -0.05) is 90.1 Å². The SMILES string of the molecule is CCOc1ccc2ccccc2c1C1N=c2ccccc2=C2C(=O)NC(SCc3ccc(C)cc3)=NN21. The zero-order valence-electron chi connectivity index (χ0n) is 20.6. The number of ether oxygens (including phenoxy) is 1. The van der Waals surface area contributed by atoms with Crippen LogP contribution in [0.5, 0.6) is 5.75 Å². The minimum Gasteiger partial charge on any atom is -0.493 e. The monoisotopic (exact) mass is 506 g/mol. The molecule has 2 aliphatic heterocycles. The van der Waals surface area contributed by atoms with Gasteiger partial charge < -0.3 is 4.74 Å². The summed E-state index contributed by atoms with van der Waals surface area (Å²) in [6.45, 7) is 4.56. The molecule has 0 aromatic heterocycles. The number of carbonyl (C=O) groups is 1. The molecule has 1 unspecified atom stereocenters. The summed E-state index contributed by atoms with van der Waals surface area (Å²) in [5.74, 6) is 1.25. The van der Waals surface area contributed by atoms with Crippen LogP contribution in [-0.4, -0.2) is 22.7 Å². The van der Waals surface area contributed by atoms with E-state index < -0.39 is 6.17 Å². The van der Waals surface area contributed by atoms with E-state index in [9.17, 15) is 4.79 Å². The van der Waals surface area contributed by atoms with Gasteiger partial charge in [0.2, 0.25) is 0 Å². The molecule has 0 bridgehead atoms. The van der Waals surface area contributed by atoms with Crippen molar-refractivity contribution in [2.75, 3.05) is 6.61 Å². The molecular formula is C30H26N4O2S. The fraction of sp³-hybridized carbons (Fsp3) is 0.167. The number of nitrogens with one attached hydrogen (secondary N) is 1. The smallest absolute Gasteiger partial charge is 0.276 e. The van der Waals surface area contributed by atoms with Gasteiger partial charge in [-0.25, -0.2) is 5.01 Å². The Labute approximate surface area is 219 Å². The molecule has 0 spiro atoms. The molecule has 0 aliphatic carbocycles. The van der Waals surface area contributed by atoms with Gasteiger partial charge in [-0.3, -0.25) is 15.1 Å². The molecule has 4 aromatic carbocycles. The van der Waals surface area contributed by atoms with Crippen molar-refractivity contribution in [1.29, 1.82) is 0 Å². The van der Waals surface area contributed by atoms with Crippen LogP contribution >= 0.6 is 11.8 Å². The first-order valence-corrected chi connectivity index (χ1v) is 13.3. The molecule has 184 valence electrons. The van der Waals surface area contributed by atoms with Gasteiger partial charge in [-0.15, -0.1) is 5.10 Å². The predicted molar refractivity (Wildman–Crippen MR) is 148 cm³/mol. The first-order valence-electron chi connectivity index (χ1n) is 12.3. The Balaban J connectivity index is 1.50. The number of para-hydroxylation sites is 1. The number of fused-ring (bicyclic) bond motifs is 3. The molecule has 37 heavy (non-hydrogen) atoms. The fourth-order valence-electron chi connectivity index (χ4n) is 4.74. The quantitative estimate of drug-likeness (QED) is 0.429. The van der Waals surface area contributed by atoms with Crippen LogP contribution in [0.15, 0.2) is 95.0 Å². The molecule has 0 radical (unpaired) electrons. The van der Waals surface area contributed by atoms with Gasteiger partial charge in [-0.05, 0) is 42.3 Å². The summed E-state index contributed by atoms with van der Waals surface area (Å²) in [7, 11) is 0. The van der Waals surface area contributed by atoms with E-state index in [-0.39, 0.29) is 5.91 Å². The highest BCUT2D eigenvalue weighted by molar-refractivity contribution is 8.13. The third kappa shape index (κ3) is 4.36. The molecule has 4 aromatic rings. The molecular weight excluding hydrogens is 480 g/mol. The zero-order chi connectivity index (χ0) is 25.4. The lowest BCUT2D eigenvalue weighted by Gasteiger charge is -2.35. The van der Waals surface area contributed by atoms with Crippen molar-refractivity contribution in [2.24, 2.45) is 10.1 Å². The Morgan fingerprint density at radius 2 is 1.76 bits per heavy atom. The van der Waals surface area contributed by atoms with E-state index in [2.05, 4.69) is 54.7 Å². The number of amidine groups is 1. The number of thioether (sulfide) groups is 1. The molecule has 1 amide bonds. The maximum Gasteiger partial charge on any atom is 0.276 e. The van der Waals surface area contributed by atoms with Gasteiger partial charge in [0.05, 0.1) is 12.0 Å². The van der Waals surface area contributed by atoms with E-state index in [1.807, 2.05) is 49.4 Å². The number of aryl methyl sites for hydroxylation is 1. The van der Waals surface area contributed by atoms with Crippen LogP contribution in [0.4, 0.5) is 0 Å². The second-order valence-electron chi connectivity index (χ2n) is 8.98. The standard InChI is InChI=1S/C30H26N4O2S/c1-3-36-25-17-16-21-8-4-5-9-22(21)26(25)28-31-24-11-7-6-10-23(24)27-29(35)32-30(33-34(27)28)37-18-20-14-12-19(2)13-15-20/h4-17,28H,3,18H2,1-2H3,(H,32,33,35). The van der Waals surface area contributed by atoms with Gasteiger partial charge >= 0.3 is 0 Å². The second-order valence-corrected chi connectivity index (χ2v) is 9.94. The van der Waals surface area contributed by atoms with Crippen molar-refractivity contribution in [2.45, 2.75) is 25.8 Å². The Bertz CT molecular complexity index is 1660. The van der Waals surface area contributed by atoms with Crippen LogP contribution < -0.4 is 20.6 Å². The lowest BCUT2D eigenvalue weighted by atomic mass is 9.99. The summed E-state index contributed by atoms with van der Waals surface area (Å²) >= 11 is 1.50. The molecule has 0 fully saturated rings. The lowest BCUT2D eigenvalue weighted by molar-refractivity contribution is -0.116. The number of amides is 1. The van der Waals surface area contributed by atoms with E-state index in [1.165, 1.54) is 22.9 Å². The minimum absolute atomic E-state index is 0.188. The van der Waals surface area contributed by atoms with E-state index >= 15 is 0 Å². The number of hydrogen-bond acceptors (Lipinski definition) is 6. The van der Waals surface area contributed by atoms with Crippen molar-refractivity contribution in [3.05, 3.63) is 112 Å². The van der Waals surface area contributed by atoms with E-state index in [4.69, 9.17) is 14.8 Å².